The van der Waals surface area contributed by atoms with Crippen molar-refractivity contribution in [3.05, 3.63) is 48.2 Å². The molecule has 0 amide bonds. The van der Waals surface area contributed by atoms with Crippen molar-refractivity contribution in [2.45, 2.75) is 27.7 Å². The molecule has 0 spiro atoms. The molecule has 0 saturated carbocycles. The summed E-state index contributed by atoms with van der Waals surface area (Å²) >= 11 is 0. The fourth-order valence-corrected chi connectivity index (χ4v) is 1.80. The Morgan fingerprint density at radius 3 is 2.45 bits per heavy atom. The summed E-state index contributed by atoms with van der Waals surface area (Å²) in [6.45, 7) is 11.4. The summed E-state index contributed by atoms with van der Waals surface area (Å²) in [5, 5.41) is 7.04. The summed E-state index contributed by atoms with van der Waals surface area (Å²) < 4.78 is 15.7. The lowest BCUT2D eigenvalue weighted by Crippen LogP contribution is -1.97. The number of allylic oxidation sites excluding steroid dienone is 1. The van der Waals surface area contributed by atoms with Crippen LogP contribution in [0.2, 0.25) is 0 Å². The Morgan fingerprint density at radius 1 is 1.35 bits per heavy atom. The number of hydrogen-bond acceptors (Lipinski definition) is 2. The van der Waals surface area contributed by atoms with E-state index in [9.17, 15) is 4.39 Å². The molecule has 0 aliphatic carbocycles. The molecule has 0 bridgehead atoms. The maximum absolute atomic E-state index is 13.9. The van der Waals surface area contributed by atoms with Crippen molar-refractivity contribution in [3.8, 4) is 11.1 Å². The smallest absolute Gasteiger partial charge is 0.147 e. The van der Waals surface area contributed by atoms with E-state index >= 15 is 0 Å². The van der Waals surface area contributed by atoms with Gasteiger partial charge in [-0.2, -0.15) is 5.10 Å². The van der Waals surface area contributed by atoms with Crippen LogP contribution in [-0.2, 0) is 7.05 Å². The quantitative estimate of drug-likeness (QED) is 0.893. The molecule has 0 fully saturated rings. The van der Waals surface area contributed by atoms with Crippen molar-refractivity contribution in [3.63, 3.8) is 0 Å². The first-order valence-electron chi connectivity index (χ1n) is 6.70. The van der Waals surface area contributed by atoms with Crippen LogP contribution in [0, 0.1) is 12.7 Å². The minimum atomic E-state index is -0.293. The molecular weight excluding hydrogens is 253 g/mol. The van der Waals surface area contributed by atoms with Gasteiger partial charge in [0.2, 0.25) is 0 Å². The van der Waals surface area contributed by atoms with Crippen LogP contribution in [0.3, 0.4) is 0 Å². The third-order valence-electron chi connectivity index (χ3n) is 2.86. The van der Waals surface area contributed by atoms with Crippen molar-refractivity contribution in [2.24, 2.45) is 7.05 Å². The largest absolute Gasteiger partial charge is 0.357 e. The molecule has 108 valence electrons. The predicted octanol–water partition coefficient (Wildman–Crippen LogP) is 4.51. The van der Waals surface area contributed by atoms with Gasteiger partial charge in [-0.1, -0.05) is 26.5 Å². The van der Waals surface area contributed by atoms with Crippen molar-refractivity contribution in [1.29, 1.82) is 0 Å². The summed E-state index contributed by atoms with van der Waals surface area (Å²) in [7, 11) is 1.87. The third-order valence-corrected chi connectivity index (χ3v) is 2.86. The summed E-state index contributed by atoms with van der Waals surface area (Å²) in [6, 6.07) is 5.10. The molecule has 2 aromatic rings. The van der Waals surface area contributed by atoms with Gasteiger partial charge in [0.15, 0.2) is 0 Å². The number of nitrogens with one attached hydrogen (secondary N) is 1. The van der Waals surface area contributed by atoms with Gasteiger partial charge in [-0.25, -0.2) is 4.39 Å². The first-order chi connectivity index (χ1) is 9.49. The molecule has 0 aliphatic rings. The summed E-state index contributed by atoms with van der Waals surface area (Å²) in [4.78, 5) is 0. The van der Waals surface area contributed by atoms with Crippen molar-refractivity contribution in [1.82, 2.24) is 9.78 Å². The van der Waals surface area contributed by atoms with Gasteiger partial charge >= 0.3 is 0 Å². The molecule has 0 atom stereocenters. The molecule has 4 heteroatoms. The number of rotatable bonds is 3. The summed E-state index contributed by atoms with van der Waals surface area (Å²) in [6.07, 6.45) is 1.75. The number of halogens is 1. The van der Waals surface area contributed by atoms with Gasteiger partial charge in [-0.15, -0.1) is 0 Å². The van der Waals surface area contributed by atoms with E-state index in [1.807, 2.05) is 33.9 Å². The van der Waals surface area contributed by atoms with Crippen LogP contribution < -0.4 is 5.32 Å². The van der Waals surface area contributed by atoms with Crippen LogP contribution in [-0.4, -0.2) is 9.78 Å². The molecule has 1 heterocycles. The Bertz CT molecular complexity index is 600. The number of benzene rings is 1. The number of aryl methyl sites for hydroxylation is 1. The Morgan fingerprint density at radius 2 is 2.00 bits per heavy atom. The van der Waals surface area contributed by atoms with Crippen LogP contribution in [0.5, 0.6) is 0 Å². The molecule has 0 aliphatic heterocycles. The Balaban J connectivity index is 0.000000956. The molecule has 0 saturated heterocycles. The first-order valence-corrected chi connectivity index (χ1v) is 6.70. The molecule has 0 radical (unpaired) electrons. The van der Waals surface area contributed by atoms with Crippen LogP contribution in [0.15, 0.2) is 36.7 Å². The van der Waals surface area contributed by atoms with E-state index < -0.39 is 0 Å². The fourth-order valence-electron chi connectivity index (χ4n) is 1.80. The molecular formula is C16H22FN3. The molecule has 1 N–H and O–H groups in total. The van der Waals surface area contributed by atoms with Gasteiger partial charge in [0.05, 0.1) is 11.9 Å². The number of nitrogens with zero attached hydrogens (tertiary/aromatic N) is 2. The van der Waals surface area contributed by atoms with E-state index in [1.165, 1.54) is 6.07 Å². The van der Waals surface area contributed by atoms with E-state index in [4.69, 9.17) is 0 Å². The third kappa shape index (κ3) is 3.47. The summed E-state index contributed by atoms with van der Waals surface area (Å²) in [5.41, 5.74) is 3.92. The van der Waals surface area contributed by atoms with Gasteiger partial charge < -0.3 is 5.32 Å². The zero-order valence-electron chi connectivity index (χ0n) is 12.8. The average Bonchev–Trinajstić information content (AvgIpc) is 2.75. The van der Waals surface area contributed by atoms with Crippen molar-refractivity contribution in [2.75, 3.05) is 5.32 Å². The molecule has 1 aromatic heterocycles. The van der Waals surface area contributed by atoms with Gasteiger partial charge in [-0.05, 0) is 31.5 Å². The summed E-state index contributed by atoms with van der Waals surface area (Å²) in [5.74, 6) is -0.293. The molecule has 20 heavy (non-hydrogen) atoms. The fraction of sp³-hybridized carbons (Fsp3) is 0.312. The highest BCUT2D eigenvalue weighted by atomic mass is 19.1. The monoisotopic (exact) mass is 275 g/mol. The lowest BCUT2D eigenvalue weighted by molar-refractivity contribution is 0.632. The van der Waals surface area contributed by atoms with Crippen LogP contribution in [0.25, 0.3) is 11.1 Å². The number of aromatic nitrogens is 2. The topological polar surface area (TPSA) is 29.9 Å². The minimum Gasteiger partial charge on any atom is -0.357 e. The maximum atomic E-state index is 13.9. The Hall–Kier alpha value is -2.10. The van der Waals surface area contributed by atoms with Crippen LogP contribution >= 0.6 is 0 Å². The van der Waals surface area contributed by atoms with E-state index in [2.05, 4.69) is 17.0 Å². The van der Waals surface area contributed by atoms with Crippen molar-refractivity contribution < 1.29 is 4.39 Å². The van der Waals surface area contributed by atoms with Crippen LogP contribution in [0.4, 0.5) is 10.1 Å². The number of anilines is 1. The zero-order chi connectivity index (χ0) is 15.3. The predicted molar refractivity (Wildman–Crippen MR) is 83.1 cm³/mol. The van der Waals surface area contributed by atoms with Crippen molar-refractivity contribution >= 4 is 5.69 Å². The highest BCUT2D eigenvalue weighted by molar-refractivity contribution is 5.68. The Kier molecular flexibility index (Phi) is 5.50. The lowest BCUT2D eigenvalue weighted by atomic mass is 10.1. The Labute approximate surface area is 120 Å². The zero-order valence-corrected chi connectivity index (χ0v) is 12.8. The van der Waals surface area contributed by atoms with E-state index in [0.717, 1.165) is 16.8 Å². The van der Waals surface area contributed by atoms with Gasteiger partial charge in [0, 0.05) is 24.0 Å². The second kappa shape index (κ2) is 6.89. The normalized spacial score (nSPS) is 9.70. The molecule has 2 rings (SSSR count). The number of hydrogen-bond donors (Lipinski definition) is 1. The van der Waals surface area contributed by atoms with E-state index in [-0.39, 0.29) is 5.82 Å². The maximum Gasteiger partial charge on any atom is 0.147 e. The second-order valence-corrected chi connectivity index (χ2v) is 4.37. The van der Waals surface area contributed by atoms with E-state index in [1.54, 1.807) is 23.9 Å². The minimum absolute atomic E-state index is 0.293. The van der Waals surface area contributed by atoms with E-state index in [0.29, 0.717) is 11.4 Å². The lowest BCUT2D eigenvalue weighted by Gasteiger charge is -2.08. The van der Waals surface area contributed by atoms with Crippen LogP contribution in [0.1, 0.15) is 26.5 Å². The SMILES string of the molecule is C=C(C)Nc1ccc(-c2cnn(C)c2C)cc1F.CC. The van der Waals surface area contributed by atoms with Gasteiger partial charge in [0.1, 0.15) is 5.82 Å². The van der Waals surface area contributed by atoms with Gasteiger partial charge in [-0.3, -0.25) is 4.68 Å². The molecule has 3 nitrogen and oxygen atoms in total. The second-order valence-electron chi connectivity index (χ2n) is 4.37. The highest BCUT2D eigenvalue weighted by Gasteiger charge is 2.09. The molecule has 1 aromatic carbocycles. The first kappa shape index (κ1) is 16.0. The standard InChI is InChI=1S/C14H16FN3.C2H6/c1-9(2)17-14-6-5-11(7-13(14)15)12-8-16-18(4)10(12)3;1-2/h5-8,17H,1H2,2-4H3;1-2H3. The molecule has 0 unspecified atom stereocenters. The highest BCUT2D eigenvalue weighted by Crippen LogP contribution is 2.26. The average molecular weight is 275 g/mol. The van der Waals surface area contributed by atoms with Gasteiger partial charge in [0.25, 0.3) is 0 Å².